The highest BCUT2D eigenvalue weighted by Crippen LogP contribution is 2.32. The van der Waals surface area contributed by atoms with Crippen molar-refractivity contribution < 1.29 is 9.32 Å². The summed E-state index contributed by atoms with van der Waals surface area (Å²) in [5.74, 6) is 0.366. The number of rotatable bonds is 9. The van der Waals surface area contributed by atoms with Gasteiger partial charge in [0, 0.05) is 41.7 Å². The van der Waals surface area contributed by atoms with Crippen LogP contribution in [0.2, 0.25) is 0 Å². The van der Waals surface area contributed by atoms with Crippen LogP contribution in [0, 0.1) is 6.92 Å². The molecule has 9 heteroatoms. The summed E-state index contributed by atoms with van der Waals surface area (Å²) in [5, 5.41) is 9.73. The number of carbonyl (C=O) groups is 1. The second kappa shape index (κ2) is 12.1. The fourth-order valence-electron chi connectivity index (χ4n) is 4.43. The van der Waals surface area contributed by atoms with E-state index in [-0.39, 0.29) is 6.03 Å². The minimum atomic E-state index is -0.640. The van der Waals surface area contributed by atoms with Crippen molar-refractivity contribution in [3.8, 4) is 22.6 Å². The van der Waals surface area contributed by atoms with Gasteiger partial charge in [-0.15, -0.1) is 0 Å². The van der Waals surface area contributed by atoms with Gasteiger partial charge in [-0.1, -0.05) is 84.4 Å². The van der Waals surface area contributed by atoms with E-state index in [4.69, 9.17) is 9.51 Å². The van der Waals surface area contributed by atoms with E-state index >= 15 is 0 Å². The van der Waals surface area contributed by atoms with Gasteiger partial charge in [-0.05, 0) is 37.1 Å². The monoisotopic (exact) mass is 534 g/mol. The Morgan fingerprint density at radius 3 is 2.30 bits per heavy atom. The highest BCUT2D eigenvalue weighted by molar-refractivity contribution is 6.00. The van der Waals surface area contributed by atoms with Gasteiger partial charge in [0.2, 0.25) is 0 Å². The molecule has 2 amide bonds. The number of aryl methyl sites for hydroxylation is 1. The molecule has 9 nitrogen and oxygen atoms in total. The van der Waals surface area contributed by atoms with Crippen LogP contribution in [0.1, 0.15) is 24.5 Å². The van der Waals surface area contributed by atoms with Gasteiger partial charge in [0.15, 0.2) is 5.82 Å². The molecule has 5 aromatic rings. The third kappa shape index (κ3) is 6.44. The highest BCUT2D eigenvalue weighted by Gasteiger charge is 2.17. The smallest absolute Gasteiger partial charge is 0.352 e. The molecule has 0 fully saturated rings. The van der Waals surface area contributed by atoms with E-state index in [1.807, 2.05) is 85.8 Å². The molecule has 0 spiro atoms. The maximum Gasteiger partial charge on any atom is 0.439 e. The van der Waals surface area contributed by atoms with Crippen molar-refractivity contribution in [2.45, 2.75) is 26.8 Å². The maximum atomic E-state index is 13.0. The molecule has 202 valence electrons. The number of carbonyl (C=O) groups excluding carboxylic acids is 1. The zero-order valence-corrected chi connectivity index (χ0v) is 22.3. The summed E-state index contributed by atoms with van der Waals surface area (Å²) in [7, 11) is 0. The summed E-state index contributed by atoms with van der Waals surface area (Å²) >= 11 is 0. The van der Waals surface area contributed by atoms with E-state index in [0.29, 0.717) is 40.8 Å². The van der Waals surface area contributed by atoms with E-state index in [0.717, 1.165) is 29.7 Å². The number of aromatic amines is 1. The summed E-state index contributed by atoms with van der Waals surface area (Å²) < 4.78 is 4.76. The fourth-order valence-corrected chi connectivity index (χ4v) is 4.43. The lowest BCUT2D eigenvalue weighted by Gasteiger charge is -2.25. The number of anilines is 3. The number of H-pyrrole nitrogens is 1. The topological polar surface area (TPSA) is 116 Å². The van der Waals surface area contributed by atoms with Crippen molar-refractivity contribution in [2.24, 2.45) is 0 Å². The number of urea groups is 1. The molecular weight excluding hydrogens is 504 g/mol. The van der Waals surface area contributed by atoms with Crippen molar-refractivity contribution in [1.29, 1.82) is 0 Å². The van der Waals surface area contributed by atoms with Crippen molar-refractivity contribution >= 4 is 23.2 Å². The lowest BCUT2D eigenvalue weighted by atomic mass is 10.0. The Kier molecular flexibility index (Phi) is 8.01. The van der Waals surface area contributed by atoms with E-state index in [9.17, 15) is 9.59 Å². The lowest BCUT2D eigenvalue weighted by Crippen LogP contribution is -2.25. The van der Waals surface area contributed by atoms with Gasteiger partial charge in [0.25, 0.3) is 0 Å². The molecule has 0 unspecified atom stereocenters. The SMILES string of the molecule is CCCN(Cc1ccccc1)c1cc(NC(=O)Nc2ccc(C)cc2)cc(-c2ccccc2-c2noc(=O)[nH]2)n1. The molecule has 0 aliphatic heterocycles. The Bertz CT molecular complexity index is 1640. The predicted octanol–water partition coefficient (Wildman–Crippen LogP) is 6.46. The maximum absolute atomic E-state index is 13.0. The Hall–Kier alpha value is -5.18. The van der Waals surface area contributed by atoms with Crippen LogP contribution in [0.3, 0.4) is 0 Å². The van der Waals surface area contributed by atoms with Crippen molar-refractivity contribution in [1.82, 2.24) is 15.1 Å². The number of hydrogen-bond acceptors (Lipinski definition) is 6. The van der Waals surface area contributed by atoms with Crippen LogP contribution in [0.4, 0.5) is 22.0 Å². The molecular formula is C31H30N6O3. The molecule has 40 heavy (non-hydrogen) atoms. The fraction of sp³-hybridized carbons (Fsp3) is 0.161. The molecule has 0 aliphatic carbocycles. The second-order valence-corrected chi connectivity index (χ2v) is 9.44. The largest absolute Gasteiger partial charge is 0.439 e. The summed E-state index contributed by atoms with van der Waals surface area (Å²) in [5.41, 5.74) is 5.50. The molecule has 5 rings (SSSR count). The van der Waals surface area contributed by atoms with Gasteiger partial charge in [-0.2, -0.15) is 0 Å². The molecule has 2 aromatic heterocycles. The van der Waals surface area contributed by atoms with Crippen LogP contribution in [0.5, 0.6) is 0 Å². The first-order chi connectivity index (χ1) is 19.5. The number of nitrogens with zero attached hydrogens (tertiary/aromatic N) is 3. The van der Waals surface area contributed by atoms with Crippen LogP contribution in [-0.2, 0) is 6.54 Å². The second-order valence-electron chi connectivity index (χ2n) is 9.44. The molecule has 0 saturated heterocycles. The first-order valence-corrected chi connectivity index (χ1v) is 13.1. The van der Waals surface area contributed by atoms with E-state index in [1.165, 1.54) is 0 Å². The number of benzene rings is 3. The van der Waals surface area contributed by atoms with Crippen LogP contribution in [-0.4, -0.2) is 27.7 Å². The summed E-state index contributed by atoms with van der Waals surface area (Å²) in [6, 6.07) is 28.6. The van der Waals surface area contributed by atoms with Gasteiger partial charge in [-0.25, -0.2) is 14.6 Å². The first kappa shape index (κ1) is 26.4. The average molecular weight is 535 g/mol. The Morgan fingerprint density at radius 2 is 1.60 bits per heavy atom. The van der Waals surface area contributed by atoms with Gasteiger partial charge in [-0.3, -0.25) is 9.51 Å². The third-order valence-corrected chi connectivity index (χ3v) is 6.31. The molecule has 0 radical (unpaired) electrons. The molecule has 2 heterocycles. The standard InChI is InChI=1S/C31H30N6O3/c1-3-17-37(20-22-9-5-4-6-10-22)28-19-24(33-30(38)32-23-15-13-21(2)14-16-23)18-27(34-28)25-11-7-8-12-26(25)29-35-31(39)40-36-29/h4-16,18-19H,3,17,20H2,1-2H3,(H,35,36,39)(H2,32,33,34,38). The lowest BCUT2D eigenvalue weighted by molar-refractivity contribution is 0.262. The van der Waals surface area contributed by atoms with Crippen molar-refractivity contribution in [3.63, 3.8) is 0 Å². The van der Waals surface area contributed by atoms with Crippen LogP contribution >= 0.6 is 0 Å². The molecule has 0 atom stereocenters. The number of hydrogen-bond donors (Lipinski definition) is 3. The normalized spacial score (nSPS) is 10.8. The predicted molar refractivity (Wildman–Crippen MR) is 157 cm³/mol. The Morgan fingerprint density at radius 1 is 0.900 bits per heavy atom. The molecule has 0 bridgehead atoms. The zero-order valence-electron chi connectivity index (χ0n) is 22.3. The number of amides is 2. The van der Waals surface area contributed by atoms with Gasteiger partial charge in [0.1, 0.15) is 5.82 Å². The minimum Gasteiger partial charge on any atom is -0.352 e. The average Bonchev–Trinajstić information content (AvgIpc) is 3.40. The minimum absolute atomic E-state index is 0.300. The molecule has 0 aliphatic rings. The summed E-state index contributed by atoms with van der Waals surface area (Å²) in [6.07, 6.45) is 0.909. The summed E-state index contributed by atoms with van der Waals surface area (Å²) in [4.78, 5) is 34.5. The van der Waals surface area contributed by atoms with Gasteiger partial charge in [0.05, 0.1) is 5.69 Å². The summed E-state index contributed by atoms with van der Waals surface area (Å²) in [6.45, 7) is 5.52. The molecule has 0 saturated carbocycles. The third-order valence-electron chi connectivity index (χ3n) is 6.31. The molecule has 3 aromatic carbocycles. The first-order valence-electron chi connectivity index (χ1n) is 13.1. The van der Waals surface area contributed by atoms with Crippen LogP contribution in [0.25, 0.3) is 22.6 Å². The van der Waals surface area contributed by atoms with Crippen LogP contribution < -0.4 is 21.3 Å². The molecule has 3 N–H and O–H groups in total. The highest BCUT2D eigenvalue weighted by atomic mass is 16.5. The van der Waals surface area contributed by atoms with Gasteiger partial charge < -0.3 is 15.5 Å². The van der Waals surface area contributed by atoms with Crippen LogP contribution in [0.15, 0.2) is 100 Å². The number of aromatic nitrogens is 3. The zero-order chi connectivity index (χ0) is 27.9. The van der Waals surface area contributed by atoms with Crippen molar-refractivity contribution in [2.75, 3.05) is 22.1 Å². The van der Waals surface area contributed by atoms with E-state index in [2.05, 4.69) is 44.7 Å². The van der Waals surface area contributed by atoms with E-state index < -0.39 is 5.76 Å². The number of pyridine rings is 1. The van der Waals surface area contributed by atoms with Crippen molar-refractivity contribution in [3.05, 3.63) is 113 Å². The Balaban J connectivity index is 1.55. The number of nitrogens with one attached hydrogen (secondary N) is 3. The quantitative estimate of drug-likeness (QED) is 0.200. The Labute approximate surface area is 231 Å². The van der Waals surface area contributed by atoms with E-state index in [1.54, 1.807) is 0 Å². The van der Waals surface area contributed by atoms with Gasteiger partial charge >= 0.3 is 11.8 Å².